The lowest BCUT2D eigenvalue weighted by molar-refractivity contribution is 0.00597. The van der Waals surface area contributed by atoms with Crippen LogP contribution < -0.4 is 14.4 Å². The molecule has 49 heavy (non-hydrogen) atoms. The van der Waals surface area contributed by atoms with E-state index in [2.05, 4.69) is 26.8 Å². The average Bonchev–Trinajstić information content (AvgIpc) is 3.07. The molecule has 4 aromatic rings. The Morgan fingerprint density at radius 2 is 1.53 bits per heavy atom. The Labute approximate surface area is 288 Å². The third-order valence-electron chi connectivity index (χ3n) is 8.32. The molecule has 0 radical (unpaired) electrons. The van der Waals surface area contributed by atoms with Gasteiger partial charge in [0.1, 0.15) is 22.9 Å². The molecule has 0 spiro atoms. The maximum atomic E-state index is 15.3. The van der Waals surface area contributed by atoms with Gasteiger partial charge in [-0.2, -0.15) is 14.4 Å². The molecule has 1 aliphatic heterocycles. The summed E-state index contributed by atoms with van der Waals surface area (Å²) in [5, 5.41) is 0. The van der Waals surface area contributed by atoms with Gasteiger partial charge in [-0.15, -0.1) is 0 Å². The summed E-state index contributed by atoms with van der Waals surface area (Å²) in [6.07, 6.45) is 1.93. The van der Waals surface area contributed by atoms with Crippen molar-refractivity contribution in [3.05, 3.63) is 89.3 Å². The van der Waals surface area contributed by atoms with E-state index < -0.39 is 11.5 Å². The first-order valence-electron chi connectivity index (χ1n) is 16.5. The molecule has 260 valence electrons. The molecule has 3 heterocycles. The molecule has 2 aromatic heterocycles. The second-order valence-electron chi connectivity index (χ2n) is 13.3. The smallest absolute Gasteiger partial charge is 0.410 e. The van der Waals surface area contributed by atoms with Crippen LogP contribution in [0.15, 0.2) is 60.8 Å². The second-order valence-corrected chi connectivity index (χ2v) is 13.3. The molecule has 0 N–H and O–H groups in total. The number of amides is 1. The monoisotopic (exact) mass is 671 g/mol. The SMILES string of the molecule is COc1ccc(CN(Cc2ccc(OC)cc2)c2nc(C)nc(-c3cc(CCN4CCN(C(=O)OC(C)(C)C)C[C@@H]4C)cnc3F)n2)cc1. The van der Waals surface area contributed by atoms with E-state index in [0.29, 0.717) is 44.4 Å². The van der Waals surface area contributed by atoms with E-state index in [0.717, 1.165) is 41.3 Å². The van der Waals surface area contributed by atoms with Crippen LogP contribution in [0.2, 0.25) is 0 Å². The van der Waals surface area contributed by atoms with Gasteiger partial charge in [0.25, 0.3) is 0 Å². The lowest BCUT2D eigenvalue weighted by atomic mass is 10.1. The van der Waals surface area contributed by atoms with Gasteiger partial charge in [-0.25, -0.2) is 14.8 Å². The summed E-state index contributed by atoms with van der Waals surface area (Å²) in [5.41, 5.74) is 2.62. The van der Waals surface area contributed by atoms with Crippen LogP contribution in [0, 0.1) is 12.9 Å². The van der Waals surface area contributed by atoms with Gasteiger partial charge in [0.05, 0.1) is 19.8 Å². The number of carbonyl (C=O) groups is 1. The maximum Gasteiger partial charge on any atom is 0.410 e. The summed E-state index contributed by atoms with van der Waals surface area (Å²) in [4.78, 5) is 36.8. The molecule has 1 amide bonds. The van der Waals surface area contributed by atoms with E-state index in [9.17, 15) is 4.79 Å². The fraction of sp³-hybridized carbons (Fsp3) is 0.432. The normalized spacial score (nSPS) is 15.2. The number of hydrogen-bond acceptors (Lipinski definition) is 10. The number of benzene rings is 2. The minimum Gasteiger partial charge on any atom is -0.497 e. The van der Waals surface area contributed by atoms with E-state index in [1.807, 2.05) is 74.2 Å². The number of aryl methyl sites for hydroxylation is 1. The molecule has 12 heteroatoms. The molecule has 5 rings (SSSR count). The first-order chi connectivity index (χ1) is 23.4. The molecule has 11 nitrogen and oxygen atoms in total. The Hall–Kier alpha value is -4.84. The number of rotatable bonds is 11. The topological polar surface area (TPSA) is 106 Å². The second kappa shape index (κ2) is 15.6. The van der Waals surface area contributed by atoms with Crippen molar-refractivity contribution in [2.75, 3.05) is 45.3 Å². The van der Waals surface area contributed by atoms with Crippen molar-refractivity contribution in [1.29, 1.82) is 0 Å². The van der Waals surface area contributed by atoms with Gasteiger partial charge in [0.15, 0.2) is 5.82 Å². The van der Waals surface area contributed by atoms with Gasteiger partial charge >= 0.3 is 6.09 Å². The fourth-order valence-electron chi connectivity index (χ4n) is 5.71. The highest BCUT2D eigenvalue weighted by Crippen LogP contribution is 2.25. The number of piperazine rings is 1. The highest BCUT2D eigenvalue weighted by Gasteiger charge is 2.29. The number of aromatic nitrogens is 4. The number of hydrogen-bond donors (Lipinski definition) is 0. The van der Waals surface area contributed by atoms with Crippen LogP contribution >= 0.6 is 0 Å². The van der Waals surface area contributed by atoms with Crippen molar-refractivity contribution < 1.29 is 23.4 Å². The predicted octanol–water partition coefficient (Wildman–Crippen LogP) is 6.09. The third-order valence-corrected chi connectivity index (χ3v) is 8.32. The summed E-state index contributed by atoms with van der Waals surface area (Å²) >= 11 is 0. The van der Waals surface area contributed by atoms with Gasteiger partial charge in [-0.3, -0.25) is 4.90 Å². The number of ether oxygens (including phenoxy) is 3. The molecule has 0 bridgehead atoms. The highest BCUT2D eigenvalue weighted by atomic mass is 19.1. The van der Waals surface area contributed by atoms with Crippen LogP contribution in [0.4, 0.5) is 15.1 Å². The van der Waals surface area contributed by atoms with Crippen LogP contribution in [0.1, 0.15) is 50.2 Å². The van der Waals surface area contributed by atoms with Crippen LogP contribution in [0.3, 0.4) is 0 Å². The summed E-state index contributed by atoms with van der Waals surface area (Å²) in [5.74, 6) is 2.01. The minimum atomic E-state index is -0.642. The van der Waals surface area contributed by atoms with Gasteiger partial charge in [0.2, 0.25) is 11.9 Å². The summed E-state index contributed by atoms with van der Waals surface area (Å²) in [7, 11) is 3.28. The lowest BCUT2D eigenvalue weighted by Crippen LogP contribution is -2.54. The fourth-order valence-corrected chi connectivity index (χ4v) is 5.71. The Morgan fingerprint density at radius 1 is 0.918 bits per heavy atom. The van der Waals surface area contributed by atoms with Gasteiger partial charge < -0.3 is 24.0 Å². The Kier molecular flexibility index (Phi) is 11.3. The first-order valence-corrected chi connectivity index (χ1v) is 16.5. The van der Waals surface area contributed by atoms with E-state index in [4.69, 9.17) is 19.2 Å². The number of nitrogens with zero attached hydrogens (tertiary/aromatic N) is 7. The number of methoxy groups -OCH3 is 2. The van der Waals surface area contributed by atoms with Crippen LogP contribution in [-0.2, 0) is 24.2 Å². The number of halogens is 1. The average molecular weight is 672 g/mol. The van der Waals surface area contributed by atoms with Crippen molar-refractivity contribution >= 4 is 12.0 Å². The number of anilines is 1. The van der Waals surface area contributed by atoms with E-state index >= 15 is 4.39 Å². The van der Waals surface area contributed by atoms with Crippen LogP contribution in [-0.4, -0.2) is 87.9 Å². The molecule has 1 saturated heterocycles. The molecule has 1 atom stereocenters. The van der Waals surface area contributed by atoms with Crippen molar-refractivity contribution in [3.8, 4) is 22.9 Å². The molecule has 0 aliphatic carbocycles. The Balaban J connectivity index is 1.34. The number of pyridine rings is 1. The molecule has 1 fully saturated rings. The van der Waals surface area contributed by atoms with Crippen molar-refractivity contribution in [2.24, 2.45) is 0 Å². The zero-order valence-corrected chi connectivity index (χ0v) is 29.4. The summed E-state index contributed by atoms with van der Waals surface area (Å²) < 4.78 is 31.6. The Morgan fingerprint density at radius 3 is 2.08 bits per heavy atom. The summed E-state index contributed by atoms with van der Waals surface area (Å²) in [6.45, 7) is 13.1. The molecule has 1 aliphatic rings. The lowest BCUT2D eigenvalue weighted by Gasteiger charge is -2.40. The first kappa shape index (κ1) is 35.5. The number of carbonyl (C=O) groups excluding carboxylic acids is 1. The van der Waals surface area contributed by atoms with Gasteiger partial charge in [-0.05, 0) is 88.1 Å². The quantitative estimate of drug-likeness (QED) is 0.174. The molecule has 2 aromatic carbocycles. The van der Waals surface area contributed by atoms with Crippen molar-refractivity contribution in [1.82, 2.24) is 29.7 Å². The molecule has 0 unspecified atom stereocenters. The third kappa shape index (κ3) is 9.62. The standard InChI is InChI=1S/C37H46FN7O4/c1-25-22-44(36(46)49-37(3,4)5)19-18-43(25)17-16-29-20-32(33(38)39-21-29)34-40-26(2)41-35(42-34)45(23-27-8-12-30(47-6)13-9-27)24-28-10-14-31(48-7)15-11-28/h8-15,20-21,25H,16-19,22-24H2,1-7H3/t25-/m0/s1. The van der Waals surface area contributed by atoms with Crippen molar-refractivity contribution in [2.45, 2.75) is 65.8 Å². The zero-order chi connectivity index (χ0) is 35.1. The largest absolute Gasteiger partial charge is 0.497 e. The zero-order valence-electron chi connectivity index (χ0n) is 29.4. The molecular weight excluding hydrogens is 625 g/mol. The molecular formula is C37H46FN7O4. The van der Waals surface area contributed by atoms with Crippen LogP contribution in [0.25, 0.3) is 11.4 Å². The summed E-state index contributed by atoms with van der Waals surface area (Å²) in [6, 6.07) is 17.6. The highest BCUT2D eigenvalue weighted by molar-refractivity contribution is 5.68. The van der Waals surface area contributed by atoms with E-state index in [-0.39, 0.29) is 23.5 Å². The van der Waals surface area contributed by atoms with Crippen LogP contribution in [0.5, 0.6) is 11.5 Å². The predicted molar refractivity (Wildman–Crippen MR) is 186 cm³/mol. The van der Waals surface area contributed by atoms with Gasteiger partial charge in [-0.1, -0.05) is 24.3 Å². The molecule has 0 saturated carbocycles. The van der Waals surface area contributed by atoms with Gasteiger partial charge in [0, 0.05) is 51.5 Å². The van der Waals surface area contributed by atoms with E-state index in [1.54, 1.807) is 38.3 Å². The minimum absolute atomic E-state index is 0.144. The maximum absolute atomic E-state index is 15.3. The van der Waals surface area contributed by atoms with E-state index in [1.165, 1.54) is 0 Å². The van der Waals surface area contributed by atoms with Crippen molar-refractivity contribution in [3.63, 3.8) is 0 Å². The Bertz CT molecular complexity index is 1660.